The van der Waals surface area contributed by atoms with Crippen molar-refractivity contribution in [1.29, 1.82) is 0 Å². The van der Waals surface area contributed by atoms with Crippen LogP contribution in [0.5, 0.6) is 0 Å². The third-order valence-corrected chi connectivity index (χ3v) is 3.25. The zero-order chi connectivity index (χ0) is 12.8. The lowest BCUT2D eigenvalue weighted by Crippen LogP contribution is -2.17. The molecular formula is C14H18BrN3. The summed E-state index contributed by atoms with van der Waals surface area (Å²) in [5, 5.41) is 7.79. The Morgan fingerprint density at radius 3 is 3.00 bits per heavy atom. The number of nitrogens with one attached hydrogen (secondary N) is 1. The van der Waals surface area contributed by atoms with Gasteiger partial charge in [-0.25, -0.2) is 0 Å². The monoisotopic (exact) mass is 307 g/mol. The van der Waals surface area contributed by atoms with Crippen LogP contribution in [0.25, 0.3) is 0 Å². The molecule has 0 amide bonds. The molecule has 3 nitrogen and oxygen atoms in total. The van der Waals surface area contributed by atoms with Gasteiger partial charge in [0.25, 0.3) is 0 Å². The minimum absolute atomic E-state index is 0.815. The Morgan fingerprint density at radius 1 is 1.33 bits per heavy atom. The highest BCUT2D eigenvalue weighted by Crippen LogP contribution is 2.13. The normalized spacial score (nSPS) is 10.8. The summed E-state index contributed by atoms with van der Waals surface area (Å²) in [6.45, 7) is 4.91. The van der Waals surface area contributed by atoms with Crippen LogP contribution in [0.3, 0.4) is 0 Å². The fourth-order valence-corrected chi connectivity index (χ4v) is 2.30. The molecule has 1 aromatic heterocycles. The summed E-state index contributed by atoms with van der Waals surface area (Å²) in [6.07, 6.45) is 3.01. The zero-order valence-corrected chi connectivity index (χ0v) is 12.2. The predicted molar refractivity (Wildman–Crippen MR) is 77.5 cm³/mol. The first-order chi connectivity index (χ1) is 8.79. The summed E-state index contributed by atoms with van der Waals surface area (Å²) in [4.78, 5) is 0. The number of nitrogens with zero attached hydrogens (tertiary/aromatic N) is 2. The molecule has 0 spiro atoms. The van der Waals surface area contributed by atoms with Crippen molar-refractivity contribution in [3.63, 3.8) is 0 Å². The number of benzene rings is 1. The predicted octanol–water partition coefficient (Wildman–Crippen LogP) is 3.19. The number of aromatic nitrogens is 2. The fourth-order valence-electron chi connectivity index (χ4n) is 1.85. The summed E-state index contributed by atoms with van der Waals surface area (Å²) in [5.74, 6) is 0. The second kappa shape index (κ2) is 6.71. The van der Waals surface area contributed by atoms with Crippen molar-refractivity contribution in [2.24, 2.45) is 0 Å². The maximum absolute atomic E-state index is 4.38. The van der Waals surface area contributed by atoms with Crippen LogP contribution in [-0.2, 0) is 13.1 Å². The topological polar surface area (TPSA) is 29.9 Å². The molecule has 2 aromatic rings. The summed E-state index contributed by atoms with van der Waals surface area (Å²) < 4.78 is 3.16. The van der Waals surface area contributed by atoms with Gasteiger partial charge in [0.05, 0.1) is 12.2 Å². The highest BCUT2D eigenvalue weighted by molar-refractivity contribution is 9.10. The average Bonchev–Trinajstić information content (AvgIpc) is 2.77. The molecule has 0 aliphatic heterocycles. The van der Waals surface area contributed by atoms with E-state index in [9.17, 15) is 0 Å². The minimum atomic E-state index is 0.815. The van der Waals surface area contributed by atoms with Crippen LogP contribution >= 0.6 is 15.9 Å². The molecule has 0 atom stereocenters. The fraction of sp³-hybridized carbons (Fsp3) is 0.357. The standard InChI is InChI=1S/C14H18BrN3/c1-2-7-16-10-14-6-8-17-18(14)11-12-4-3-5-13(15)9-12/h3-6,8-9,16H,2,7,10-11H2,1H3. The lowest BCUT2D eigenvalue weighted by atomic mass is 10.2. The molecule has 0 saturated heterocycles. The SMILES string of the molecule is CCCNCc1ccnn1Cc1cccc(Br)c1. The Balaban J connectivity index is 2.03. The van der Waals surface area contributed by atoms with Crippen LogP contribution in [-0.4, -0.2) is 16.3 Å². The molecule has 0 saturated carbocycles. The van der Waals surface area contributed by atoms with Crippen LogP contribution in [0.15, 0.2) is 41.0 Å². The van der Waals surface area contributed by atoms with Gasteiger partial charge in [0, 0.05) is 17.2 Å². The number of rotatable bonds is 6. The van der Waals surface area contributed by atoms with E-state index < -0.39 is 0 Å². The molecule has 1 N–H and O–H groups in total. The lowest BCUT2D eigenvalue weighted by Gasteiger charge is -2.08. The van der Waals surface area contributed by atoms with Gasteiger partial charge >= 0.3 is 0 Å². The summed E-state index contributed by atoms with van der Waals surface area (Å²) in [6, 6.07) is 10.4. The first-order valence-electron chi connectivity index (χ1n) is 6.25. The van der Waals surface area contributed by atoms with Crippen molar-refractivity contribution in [2.75, 3.05) is 6.54 Å². The molecule has 4 heteroatoms. The molecule has 96 valence electrons. The van der Waals surface area contributed by atoms with E-state index in [0.717, 1.165) is 30.5 Å². The number of halogens is 1. The van der Waals surface area contributed by atoms with Crippen molar-refractivity contribution in [3.8, 4) is 0 Å². The molecule has 0 fully saturated rings. The Hall–Kier alpha value is -1.13. The van der Waals surface area contributed by atoms with Gasteiger partial charge < -0.3 is 5.32 Å². The van der Waals surface area contributed by atoms with Gasteiger partial charge in [0.15, 0.2) is 0 Å². The minimum Gasteiger partial charge on any atom is -0.311 e. The Kier molecular flexibility index (Phi) is 4.96. The van der Waals surface area contributed by atoms with Crippen molar-refractivity contribution >= 4 is 15.9 Å². The van der Waals surface area contributed by atoms with E-state index in [1.165, 1.54) is 11.3 Å². The molecule has 0 aliphatic carbocycles. The Labute approximate surface area is 116 Å². The van der Waals surface area contributed by atoms with E-state index in [1.807, 2.05) is 16.9 Å². The Bertz CT molecular complexity index is 493. The van der Waals surface area contributed by atoms with Gasteiger partial charge in [-0.15, -0.1) is 0 Å². The smallest absolute Gasteiger partial charge is 0.0663 e. The molecule has 0 radical (unpaired) electrons. The summed E-state index contributed by atoms with van der Waals surface area (Å²) in [5.41, 5.74) is 2.48. The van der Waals surface area contributed by atoms with Crippen molar-refractivity contribution < 1.29 is 0 Å². The van der Waals surface area contributed by atoms with Gasteiger partial charge in [0.2, 0.25) is 0 Å². The lowest BCUT2D eigenvalue weighted by molar-refractivity contribution is 0.592. The Morgan fingerprint density at radius 2 is 2.22 bits per heavy atom. The largest absolute Gasteiger partial charge is 0.311 e. The third-order valence-electron chi connectivity index (χ3n) is 2.76. The van der Waals surface area contributed by atoms with Gasteiger partial charge in [-0.1, -0.05) is 35.0 Å². The average molecular weight is 308 g/mol. The van der Waals surface area contributed by atoms with Crippen molar-refractivity contribution in [1.82, 2.24) is 15.1 Å². The van der Waals surface area contributed by atoms with Crippen LogP contribution in [0.2, 0.25) is 0 Å². The van der Waals surface area contributed by atoms with E-state index in [-0.39, 0.29) is 0 Å². The maximum Gasteiger partial charge on any atom is 0.0663 e. The van der Waals surface area contributed by atoms with Gasteiger partial charge in [0.1, 0.15) is 0 Å². The van der Waals surface area contributed by atoms with Crippen molar-refractivity contribution in [2.45, 2.75) is 26.4 Å². The molecule has 0 aliphatic rings. The molecule has 1 heterocycles. The summed E-state index contributed by atoms with van der Waals surface area (Å²) in [7, 11) is 0. The van der Waals surface area contributed by atoms with Crippen LogP contribution in [0, 0.1) is 0 Å². The van der Waals surface area contributed by atoms with Crippen LogP contribution in [0.1, 0.15) is 24.6 Å². The maximum atomic E-state index is 4.38. The molecule has 2 rings (SSSR count). The molecule has 18 heavy (non-hydrogen) atoms. The quantitative estimate of drug-likeness (QED) is 0.831. The third kappa shape index (κ3) is 3.68. The van der Waals surface area contributed by atoms with E-state index >= 15 is 0 Å². The number of hydrogen-bond acceptors (Lipinski definition) is 2. The van der Waals surface area contributed by atoms with Gasteiger partial charge in [-0.2, -0.15) is 5.10 Å². The van der Waals surface area contributed by atoms with Gasteiger partial charge in [-0.3, -0.25) is 4.68 Å². The second-order valence-electron chi connectivity index (χ2n) is 4.29. The van der Waals surface area contributed by atoms with Crippen LogP contribution < -0.4 is 5.32 Å². The van der Waals surface area contributed by atoms with E-state index in [2.05, 4.69) is 57.5 Å². The van der Waals surface area contributed by atoms with Gasteiger partial charge in [-0.05, 0) is 36.7 Å². The van der Waals surface area contributed by atoms with E-state index in [1.54, 1.807) is 0 Å². The van der Waals surface area contributed by atoms with Crippen molar-refractivity contribution in [3.05, 3.63) is 52.3 Å². The summed E-state index contributed by atoms with van der Waals surface area (Å²) >= 11 is 3.49. The second-order valence-corrected chi connectivity index (χ2v) is 5.20. The van der Waals surface area contributed by atoms with E-state index in [4.69, 9.17) is 0 Å². The molecule has 0 unspecified atom stereocenters. The first kappa shape index (κ1) is 13.3. The number of hydrogen-bond donors (Lipinski definition) is 1. The highest BCUT2D eigenvalue weighted by atomic mass is 79.9. The van der Waals surface area contributed by atoms with Crippen LogP contribution in [0.4, 0.5) is 0 Å². The highest BCUT2D eigenvalue weighted by Gasteiger charge is 2.03. The molecular weight excluding hydrogens is 290 g/mol. The molecule has 1 aromatic carbocycles. The zero-order valence-electron chi connectivity index (χ0n) is 10.6. The molecule has 0 bridgehead atoms. The first-order valence-corrected chi connectivity index (χ1v) is 7.04. The van der Waals surface area contributed by atoms with E-state index in [0.29, 0.717) is 0 Å².